The molecule has 54 heavy (non-hydrogen) atoms. The normalized spacial score (nSPS) is 11.7. The van der Waals surface area contributed by atoms with Crippen LogP contribution in [0.15, 0.2) is 174 Å². The number of furan rings is 1. The SMILES string of the molecule is c1ccc(-c2nc(-c3ccc4ccccc4c3)nc(-c3cc(-c4c5nc(-c6ccccc6)sc5cc5c4oc4ccccc45)c4ccccc4c3)n2)cc1. The number of fused-ring (bicyclic) bond motifs is 6. The Morgan fingerprint density at radius 2 is 1.02 bits per heavy atom. The van der Waals surface area contributed by atoms with Gasteiger partial charge in [0, 0.05) is 33.0 Å². The van der Waals surface area contributed by atoms with Crippen molar-refractivity contribution in [2.75, 3.05) is 0 Å². The van der Waals surface area contributed by atoms with E-state index in [-0.39, 0.29) is 0 Å². The number of benzene rings is 8. The predicted molar refractivity (Wildman–Crippen MR) is 222 cm³/mol. The maximum absolute atomic E-state index is 6.77. The van der Waals surface area contributed by atoms with Crippen molar-refractivity contribution in [2.45, 2.75) is 0 Å². The quantitative estimate of drug-likeness (QED) is 0.178. The summed E-state index contributed by atoms with van der Waals surface area (Å²) in [7, 11) is 0. The number of aromatic nitrogens is 4. The van der Waals surface area contributed by atoms with E-state index < -0.39 is 0 Å². The van der Waals surface area contributed by atoms with Crippen LogP contribution in [0.4, 0.5) is 0 Å². The highest BCUT2D eigenvalue weighted by atomic mass is 32.1. The van der Waals surface area contributed by atoms with Gasteiger partial charge in [0.25, 0.3) is 0 Å². The van der Waals surface area contributed by atoms with Crippen molar-refractivity contribution in [3.8, 4) is 55.9 Å². The van der Waals surface area contributed by atoms with Crippen molar-refractivity contribution in [2.24, 2.45) is 0 Å². The van der Waals surface area contributed by atoms with E-state index in [1.807, 2.05) is 48.5 Å². The molecule has 0 saturated heterocycles. The molecule has 0 spiro atoms. The zero-order valence-corrected chi connectivity index (χ0v) is 29.6. The van der Waals surface area contributed by atoms with Gasteiger partial charge >= 0.3 is 0 Å². The van der Waals surface area contributed by atoms with Gasteiger partial charge in [0.1, 0.15) is 16.2 Å². The summed E-state index contributed by atoms with van der Waals surface area (Å²) in [6.45, 7) is 0. The average molecular weight is 709 g/mol. The fourth-order valence-corrected chi connectivity index (χ4v) is 8.54. The lowest BCUT2D eigenvalue weighted by Crippen LogP contribution is -2.00. The molecular formula is C48H28N4OS. The van der Waals surface area contributed by atoms with Crippen LogP contribution < -0.4 is 0 Å². The van der Waals surface area contributed by atoms with Gasteiger partial charge in [-0.15, -0.1) is 11.3 Å². The molecule has 8 aromatic carbocycles. The molecule has 0 saturated carbocycles. The maximum atomic E-state index is 6.77. The second kappa shape index (κ2) is 12.3. The monoisotopic (exact) mass is 708 g/mol. The Labute approximate surface area is 313 Å². The van der Waals surface area contributed by atoms with Crippen LogP contribution >= 0.6 is 11.3 Å². The molecule has 11 rings (SSSR count). The highest BCUT2D eigenvalue weighted by molar-refractivity contribution is 7.21. The second-order valence-corrected chi connectivity index (χ2v) is 14.5. The number of rotatable bonds is 5. The molecule has 3 aromatic heterocycles. The molecule has 252 valence electrons. The fourth-order valence-electron chi connectivity index (χ4n) is 7.52. The third-order valence-electron chi connectivity index (χ3n) is 10.1. The van der Waals surface area contributed by atoms with Gasteiger partial charge in [0.05, 0.1) is 15.8 Å². The Bertz CT molecular complexity index is 3220. The van der Waals surface area contributed by atoms with Crippen molar-refractivity contribution in [3.05, 3.63) is 170 Å². The summed E-state index contributed by atoms with van der Waals surface area (Å²) in [6.07, 6.45) is 0. The molecule has 0 amide bonds. The van der Waals surface area contributed by atoms with Crippen molar-refractivity contribution in [3.63, 3.8) is 0 Å². The van der Waals surface area contributed by atoms with Crippen LogP contribution in [0.3, 0.4) is 0 Å². The van der Waals surface area contributed by atoms with Gasteiger partial charge in [0.15, 0.2) is 17.5 Å². The first-order valence-corrected chi connectivity index (χ1v) is 18.7. The summed E-state index contributed by atoms with van der Waals surface area (Å²) in [6, 6.07) is 58.6. The smallest absolute Gasteiger partial charge is 0.164 e. The molecule has 0 N–H and O–H groups in total. The fraction of sp³-hybridized carbons (Fsp3) is 0. The zero-order valence-electron chi connectivity index (χ0n) is 28.8. The number of nitrogens with zero attached hydrogens (tertiary/aromatic N) is 4. The maximum Gasteiger partial charge on any atom is 0.164 e. The van der Waals surface area contributed by atoms with Gasteiger partial charge in [-0.25, -0.2) is 19.9 Å². The molecule has 0 radical (unpaired) electrons. The van der Waals surface area contributed by atoms with Gasteiger partial charge in [-0.1, -0.05) is 140 Å². The van der Waals surface area contributed by atoms with Crippen molar-refractivity contribution >= 4 is 65.0 Å². The van der Waals surface area contributed by atoms with Crippen molar-refractivity contribution < 1.29 is 4.42 Å². The van der Waals surface area contributed by atoms with Crippen LogP contribution in [-0.4, -0.2) is 19.9 Å². The van der Waals surface area contributed by atoms with Crippen LogP contribution in [0.2, 0.25) is 0 Å². The van der Waals surface area contributed by atoms with E-state index in [9.17, 15) is 0 Å². The van der Waals surface area contributed by atoms with E-state index in [1.165, 1.54) is 5.39 Å². The lowest BCUT2D eigenvalue weighted by atomic mass is 9.93. The number of hydrogen-bond donors (Lipinski definition) is 0. The Morgan fingerprint density at radius 1 is 0.407 bits per heavy atom. The van der Waals surface area contributed by atoms with E-state index in [0.717, 1.165) is 86.7 Å². The first-order valence-electron chi connectivity index (χ1n) is 17.9. The Hall–Kier alpha value is -7.02. The average Bonchev–Trinajstić information content (AvgIpc) is 3.84. The first kappa shape index (κ1) is 30.6. The molecule has 3 heterocycles. The highest BCUT2D eigenvalue weighted by Crippen LogP contribution is 2.46. The van der Waals surface area contributed by atoms with Crippen molar-refractivity contribution in [1.29, 1.82) is 0 Å². The summed E-state index contributed by atoms with van der Waals surface area (Å²) >= 11 is 1.71. The van der Waals surface area contributed by atoms with Gasteiger partial charge in [-0.2, -0.15) is 0 Å². The molecule has 0 unspecified atom stereocenters. The lowest BCUT2D eigenvalue weighted by Gasteiger charge is -2.13. The van der Waals surface area contributed by atoms with Gasteiger partial charge in [0.2, 0.25) is 0 Å². The summed E-state index contributed by atoms with van der Waals surface area (Å²) in [4.78, 5) is 20.7. The standard InChI is InChI=1S/C48H28N4OS/c1-3-14-30(15-4-1)45-50-46(34-24-23-29-13-7-8-18-32(29)25-34)52-47(51-45)35-26-33-19-9-10-20-36(33)38(27-35)42-43-41(54-48(49-43)31-16-5-2-6-17-31)28-39-37-21-11-12-22-40(37)53-44(39)42/h1-28H. The molecule has 0 fully saturated rings. The topological polar surface area (TPSA) is 64.7 Å². The van der Waals surface area contributed by atoms with E-state index in [1.54, 1.807) is 11.3 Å². The third kappa shape index (κ3) is 5.07. The molecule has 6 heteroatoms. The van der Waals surface area contributed by atoms with Crippen LogP contribution in [0, 0.1) is 0 Å². The van der Waals surface area contributed by atoms with Crippen LogP contribution in [0.5, 0.6) is 0 Å². The molecule has 0 aliphatic carbocycles. The summed E-state index contributed by atoms with van der Waals surface area (Å²) < 4.78 is 7.87. The predicted octanol–water partition coefficient (Wildman–Crippen LogP) is 13.0. The number of thiazole rings is 1. The lowest BCUT2D eigenvalue weighted by molar-refractivity contribution is 0.670. The summed E-state index contributed by atoms with van der Waals surface area (Å²) in [5, 5.41) is 7.57. The Balaban J connectivity index is 1.20. The molecule has 5 nitrogen and oxygen atoms in total. The largest absolute Gasteiger partial charge is 0.455 e. The van der Waals surface area contributed by atoms with E-state index in [0.29, 0.717) is 17.5 Å². The zero-order chi connectivity index (χ0) is 35.6. The second-order valence-electron chi connectivity index (χ2n) is 13.4. The summed E-state index contributed by atoms with van der Waals surface area (Å²) in [5.41, 5.74) is 8.36. The van der Waals surface area contributed by atoms with E-state index >= 15 is 0 Å². The van der Waals surface area contributed by atoms with Gasteiger partial charge in [-0.3, -0.25) is 0 Å². The third-order valence-corrected chi connectivity index (χ3v) is 11.2. The minimum absolute atomic E-state index is 0.593. The van der Waals surface area contributed by atoms with Gasteiger partial charge in [-0.05, 0) is 57.4 Å². The van der Waals surface area contributed by atoms with Crippen molar-refractivity contribution in [1.82, 2.24) is 19.9 Å². The van der Waals surface area contributed by atoms with Crippen LogP contribution in [-0.2, 0) is 0 Å². The minimum Gasteiger partial charge on any atom is -0.455 e. The molecule has 0 atom stereocenters. The molecule has 0 aliphatic heterocycles. The molecule has 0 aliphatic rings. The van der Waals surface area contributed by atoms with E-state index in [4.69, 9.17) is 24.4 Å². The van der Waals surface area contributed by atoms with Gasteiger partial charge < -0.3 is 4.42 Å². The highest BCUT2D eigenvalue weighted by Gasteiger charge is 2.23. The Kier molecular flexibility index (Phi) is 6.97. The van der Waals surface area contributed by atoms with Crippen LogP contribution in [0.25, 0.3) is 110 Å². The Morgan fingerprint density at radius 3 is 1.81 bits per heavy atom. The van der Waals surface area contributed by atoms with E-state index in [2.05, 4.69) is 121 Å². The molecule has 0 bridgehead atoms. The molecular weight excluding hydrogens is 681 g/mol. The van der Waals surface area contributed by atoms with Crippen LogP contribution in [0.1, 0.15) is 0 Å². The molecule has 11 aromatic rings. The first-order chi connectivity index (χ1) is 26.7. The number of para-hydroxylation sites is 1. The minimum atomic E-state index is 0.593. The summed E-state index contributed by atoms with van der Waals surface area (Å²) in [5.74, 6) is 1.83. The number of hydrogen-bond acceptors (Lipinski definition) is 6.